The van der Waals surface area contributed by atoms with Gasteiger partial charge in [-0.1, -0.05) is 0 Å². The monoisotopic (exact) mass is 254 g/mol. The summed E-state index contributed by atoms with van der Waals surface area (Å²) in [6.45, 7) is 2.05. The van der Waals surface area contributed by atoms with Crippen molar-refractivity contribution in [2.24, 2.45) is 0 Å². The van der Waals surface area contributed by atoms with Crippen LogP contribution >= 0.6 is 27.3 Å². The third-order valence-electron chi connectivity index (χ3n) is 1.67. The molecule has 2 heterocycles. The summed E-state index contributed by atoms with van der Waals surface area (Å²) in [7, 11) is 0. The van der Waals surface area contributed by atoms with Gasteiger partial charge in [-0.2, -0.15) is 0 Å². The largest absolute Gasteiger partial charge is 0.265 e. The maximum Gasteiger partial charge on any atom is 0.125 e. The number of pyridine rings is 1. The van der Waals surface area contributed by atoms with E-state index in [1.807, 2.05) is 19.1 Å². The first-order valence-corrected chi connectivity index (χ1v) is 5.41. The van der Waals surface area contributed by atoms with Crippen LogP contribution in [-0.2, 0) is 0 Å². The molecule has 66 valence electrons. The standard InChI is InChI=1S/C9H7BrN2S/c1-6-8(10)12-9(13-6)7-2-4-11-5-3-7/h2-5H,1H3. The van der Waals surface area contributed by atoms with Crippen molar-refractivity contribution in [2.75, 3.05) is 0 Å². The summed E-state index contributed by atoms with van der Waals surface area (Å²) >= 11 is 5.08. The molecule has 0 amide bonds. The second-order valence-electron chi connectivity index (χ2n) is 2.60. The summed E-state index contributed by atoms with van der Waals surface area (Å²) in [6, 6.07) is 3.93. The van der Waals surface area contributed by atoms with E-state index in [0.717, 1.165) is 15.2 Å². The van der Waals surface area contributed by atoms with Crippen molar-refractivity contribution in [3.63, 3.8) is 0 Å². The number of rotatable bonds is 1. The van der Waals surface area contributed by atoms with Crippen LogP contribution in [0.15, 0.2) is 29.1 Å². The number of thiazole rings is 1. The van der Waals surface area contributed by atoms with Crippen LogP contribution in [0.1, 0.15) is 4.88 Å². The average Bonchev–Trinajstić information content (AvgIpc) is 2.49. The number of hydrogen-bond acceptors (Lipinski definition) is 3. The lowest BCUT2D eigenvalue weighted by atomic mass is 10.3. The first kappa shape index (κ1) is 8.84. The fraction of sp³-hybridized carbons (Fsp3) is 0.111. The Morgan fingerprint density at radius 2 is 2.00 bits per heavy atom. The van der Waals surface area contributed by atoms with Gasteiger partial charge in [0.25, 0.3) is 0 Å². The van der Waals surface area contributed by atoms with Gasteiger partial charge in [0.05, 0.1) is 0 Å². The summed E-state index contributed by atoms with van der Waals surface area (Å²) in [5, 5.41) is 1.03. The van der Waals surface area contributed by atoms with Gasteiger partial charge in [-0.15, -0.1) is 11.3 Å². The topological polar surface area (TPSA) is 25.8 Å². The van der Waals surface area contributed by atoms with E-state index in [2.05, 4.69) is 25.9 Å². The molecule has 0 aliphatic rings. The fourth-order valence-electron chi connectivity index (χ4n) is 0.996. The molecule has 0 fully saturated rings. The van der Waals surface area contributed by atoms with Crippen molar-refractivity contribution in [1.82, 2.24) is 9.97 Å². The highest BCUT2D eigenvalue weighted by molar-refractivity contribution is 9.10. The first-order chi connectivity index (χ1) is 6.27. The van der Waals surface area contributed by atoms with Gasteiger partial charge in [0, 0.05) is 22.8 Å². The first-order valence-electron chi connectivity index (χ1n) is 3.80. The fourth-order valence-corrected chi connectivity index (χ4v) is 2.34. The molecule has 0 aromatic carbocycles. The summed E-state index contributed by atoms with van der Waals surface area (Å²) in [4.78, 5) is 9.55. The molecule has 2 rings (SSSR count). The molecule has 0 saturated heterocycles. The van der Waals surface area contributed by atoms with E-state index in [9.17, 15) is 0 Å². The molecule has 0 spiro atoms. The van der Waals surface area contributed by atoms with Gasteiger partial charge >= 0.3 is 0 Å². The quantitative estimate of drug-likeness (QED) is 0.781. The van der Waals surface area contributed by atoms with E-state index in [4.69, 9.17) is 0 Å². The predicted octanol–water partition coefficient (Wildman–Crippen LogP) is 3.28. The molecule has 0 unspecified atom stereocenters. The lowest BCUT2D eigenvalue weighted by molar-refractivity contribution is 1.29. The van der Waals surface area contributed by atoms with Gasteiger partial charge in [-0.25, -0.2) is 4.98 Å². The van der Waals surface area contributed by atoms with Gasteiger partial charge in [-0.05, 0) is 35.0 Å². The van der Waals surface area contributed by atoms with E-state index < -0.39 is 0 Å². The van der Waals surface area contributed by atoms with Crippen LogP contribution in [0.3, 0.4) is 0 Å². The SMILES string of the molecule is Cc1sc(-c2ccncc2)nc1Br. The van der Waals surface area contributed by atoms with E-state index in [1.54, 1.807) is 23.7 Å². The second-order valence-corrected chi connectivity index (χ2v) is 4.56. The van der Waals surface area contributed by atoms with Crippen molar-refractivity contribution >= 4 is 27.3 Å². The Labute approximate surface area is 88.8 Å². The zero-order valence-corrected chi connectivity index (χ0v) is 9.39. The Hall–Kier alpha value is -0.740. The molecule has 2 nitrogen and oxygen atoms in total. The number of hydrogen-bond donors (Lipinski definition) is 0. The van der Waals surface area contributed by atoms with Crippen LogP contribution in [0, 0.1) is 6.92 Å². The number of halogens is 1. The molecule has 0 atom stereocenters. The van der Waals surface area contributed by atoms with Crippen molar-refractivity contribution in [1.29, 1.82) is 0 Å². The Balaban J connectivity index is 2.48. The summed E-state index contributed by atoms with van der Waals surface area (Å²) in [5.74, 6) is 0. The van der Waals surface area contributed by atoms with E-state index in [1.165, 1.54) is 4.88 Å². The molecule has 0 aliphatic carbocycles. The third-order valence-corrected chi connectivity index (χ3v) is 3.72. The zero-order chi connectivity index (χ0) is 9.26. The lowest BCUT2D eigenvalue weighted by Crippen LogP contribution is -1.75. The smallest absolute Gasteiger partial charge is 0.125 e. The second kappa shape index (κ2) is 3.55. The van der Waals surface area contributed by atoms with Crippen molar-refractivity contribution in [3.05, 3.63) is 34.0 Å². The van der Waals surface area contributed by atoms with Crippen LogP contribution in [0.4, 0.5) is 0 Å². The molecule has 2 aromatic rings. The van der Waals surface area contributed by atoms with Crippen molar-refractivity contribution in [2.45, 2.75) is 6.92 Å². The zero-order valence-electron chi connectivity index (χ0n) is 6.99. The van der Waals surface area contributed by atoms with Gasteiger partial charge in [0.2, 0.25) is 0 Å². The minimum Gasteiger partial charge on any atom is -0.265 e. The molecule has 0 N–H and O–H groups in total. The van der Waals surface area contributed by atoms with Crippen molar-refractivity contribution < 1.29 is 0 Å². The maximum atomic E-state index is 4.39. The minimum absolute atomic E-state index is 0.935. The predicted molar refractivity (Wildman–Crippen MR) is 57.8 cm³/mol. The molecule has 0 bridgehead atoms. The molecular formula is C9H7BrN2S. The Kier molecular flexibility index (Phi) is 2.42. The summed E-state index contributed by atoms with van der Waals surface area (Å²) < 4.78 is 0.935. The highest BCUT2D eigenvalue weighted by Crippen LogP contribution is 2.29. The minimum atomic E-state index is 0.935. The van der Waals surface area contributed by atoms with Crippen LogP contribution < -0.4 is 0 Å². The van der Waals surface area contributed by atoms with E-state index in [0.29, 0.717) is 0 Å². The van der Waals surface area contributed by atoms with Crippen LogP contribution in [0.5, 0.6) is 0 Å². The van der Waals surface area contributed by atoms with Crippen LogP contribution in [0.25, 0.3) is 10.6 Å². The Morgan fingerprint density at radius 3 is 2.54 bits per heavy atom. The lowest BCUT2D eigenvalue weighted by Gasteiger charge is -1.91. The molecule has 0 saturated carbocycles. The Bertz CT molecular complexity index is 391. The summed E-state index contributed by atoms with van der Waals surface area (Å²) in [5.41, 5.74) is 1.12. The van der Waals surface area contributed by atoms with E-state index >= 15 is 0 Å². The van der Waals surface area contributed by atoms with Gasteiger partial charge in [-0.3, -0.25) is 4.98 Å². The van der Waals surface area contributed by atoms with Gasteiger partial charge in [0.1, 0.15) is 9.61 Å². The normalized spacial score (nSPS) is 10.3. The van der Waals surface area contributed by atoms with Gasteiger partial charge in [0.15, 0.2) is 0 Å². The highest BCUT2D eigenvalue weighted by atomic mass is 79.9. The molecule has 4 heteroatoms. The van der Waals surface area contributed by atoms with Crippen LogP contribution in [0.2, 0.25) is 0 Å². The molecule has 2 aromatic heterocycles. The average molecular weight is 255 g/mol. The van der Waals surface area contributed by atoms with Crippen molar-refractivity contribution in [3.8, 4) is 10.6 Å². The Morgan fingerprint density at radius 1 is 1.31 bits per heavy atom. The molecular weight excluding hydrogens is 248 g/mol. The number of nitrogens with zero attached hydrogens (tertiary/aromatic N) is 2. The van der Waals surface area contributed by atoms with Gasteiger partial charge < -0.3 is 0 Å². The highest BCUT2D eigenvalue weighted by Gasteiger charge is 2.05. The molecule has 0 aliphatic heterocycles. The third kappa shape index (κ3) is 1.78. The molecule has 0 radical (unpaired) electrons. The van der Waals surface area contributed by atoms with Crippen LogP contribution in [-0.4, -0.2) is 9.97 Å². The van der Waals surface area contributed by atoms with E-state index in [-0.39, 0.29) is 0 Å². The number of aryl methyl sites for hydroxylation is 1. The number of aromatic nitrogens is 2. The summed E-state index contributed by atoms with van der Waals surface area (Å²) in [6.07, 6.45) is 3.56. The molecule has 13 heavy (non-hydrogen) atoms. The maximum absolute atomic E-state index is 4.39.